The molecule has 7 heteroatoms. The van der Waals surface area contributed by atoms with Crippen molar-refractivity contribution in [3.05, 3.63) is 124 Å². The Morgan fingerprint density at radius 3 is 1.97 bits per heavy atom. The molecule has 1 aliphatic rings. The maximum atomic E-state index is 13.1. The Morgan fingerprint density at radius 2 is 1.41 bits per heavy atom. The Balaban J connectivity index is 0.000000490. The minimum atomic E-state index is -0.693. The van der Waals surface area contributed by atoms with Crippen molar-refractivity contribution < 1.29 is 43.8 Å². The van der Waals surface area contributed by atoms with Gasteiger partial charge in [0.25, 0.3) is 5.95 Å². The molecule has 2 nitrogen and oxygen atoms in total. The van der Waals surface area contributed by atoms with Gasteiger partial charge < -0.3 is 19.4 Å². The van der Waals surface area contributed by atoms with Crippen molar-refractivity contribution in [1.82, 2.24) is 4.57 Å². The number of pyridine rings is 1. The molecule has 0 spiro atoms. The summed E-state index contributed by atoms with van der Waals surface area (Å²) in [5.41, 5.74) is 0.298. The molecule has 0 radical (unpaired) electrons. The number of benzene rings is 1. The van der Waals surface area contributed by atoms with Crippen LogP contribution in [0.2, 0.25) is 0 Å². The topological polar surface area (TPSA) is 8.81 Å². The van der Waals surface area contributed by atoms with Gasteiger partial charge in [-0.1, -0.05) is 12.2 Å². The van der Waals surface area contributed by atoms with Crippen molar-refractivity contribution in [3.63, 3.8) is 0 Å². The number of nitrogens with zero attached hydrogens (tertiary/aromatic N) is 2. The van der Waals surface area contributed by atoms with Crippen molar-refractivity contribution in [1.29, 1.82) is 0 Å². The predicted octanol–water partition coefficient (Wildman–Crippen LogP) is 5.17. The van der Waals surface area contributed by atoms with Gasteiger partial charge in [0.2, 0.25) is 0 Å². The quantitative estimate of drug-likeness (QED) is 0.173. The van der Waals surface area contributed by atoms with Gasteiger partial charge in [-0.05, 0) is 48.2 Å². The van der Waals surface area contributed by atoms with Crippen LogP contribution in [0.5, 0.6) is 0 Å². The summed E-state index contributed by atoms with van der Waals surface area (Å²) < 4.78 is 54.0. The molecular weight excluding hydrogens is 416 g/mol. The average molecular weight is 435 g/mol. The van der Waals surface area contributed by atoms with Crippen molar-refractivity contribution in [3.8, 4) is 5.69 Å². The number of allylic oxidation sites excluding steroid dienone is 4. The first-order chi connectivity index (χ1) is 12.5. The molecule has 4 rings (SSSR count). The van der Waals surface area contributed by atoms with Crippen molar-refractivity contribution >= 4 is 0 Å². The molecule has 1 aliphatic carbocycles. The first kappa shape index (κ1) is 26.6. The zero-order valence-electron chi connectivity index (χ0n) is 15.9. The monoisotopic (exact) mass is 435 g/mol. The van der Waals surface area contributed by atoms with E-state index in [9.17, 15) is 17.6 Å². The van der Waals surface area contributed by atoms with E-state index in [1.165, 1.54) is 29.0 Å². The molecule has 0 fully saturated rings. The van der Waals surface area contributed by atoms with E-state index in [0.717, 1.165) is 0 Å². The van der Waals surface area contributed by atoms with Gasteiger partial charge in [0.1, 0.15) is 0 Å². The van der Waals surface area contributed by atoms with Gasteiger partial charge in [0.15, 0.2) is 6.04 Å². The number of aromatic nitrogens is 2. The molecule has 0 N–H and O–H groups in total. The summed E-state index contributed by atoms with van der Waals surface area (Å²) in [5, 5.41) is 0. The fraction of sp³-hybridized carbons (Fsp3) is 0.0455. The molecule has 2 heterocycles. The molecule has 0 saturated heterocycles. The summed E-state index contributed by atoms with van der Waals surface area (Å²) in [6, 6.07) is 11.1. The minimum absolute atomic E-state index is 0. The van der Waals surface area contributed by atoms with Crippen LogP contribution in [0.4, 0.5) is 17.6 Å². The van der Waals surface area contributed by atoms with E-state index < -0.39 is 23.4 Å². The molecule has 0 bridgehead atoms. The number of rotatable bonds is 2. The van der Waals surface area contributed by atoms with Gasteiger partial charge in [-0.3, -0.25) is 0 Å². The molecule has 1 aromatic carbocycles. The largest absolute Gasteiger partial charge is 4.00 e. The predicted molar refractivity (Wildman–Crippen MR) is 100 cm³/mol. The normalized spacial score (nSPS) is 11.6. The van der Waals surface area contributed by atoms with Crippen LogP contribution >= 0.6 is 0 Å². The second-order valence-corrected chi connectivity index (χ2v) is 5.34. The maximum Gasteiger partial charge on any atom is 4.00 e. The molecule has 3 aromatic rings. The van der Waals surface area contributed by atoms with Gasteiger partial charge in [-0.2, -0.15) is 8.96 Å². The minimum Gasteiger partial charge on any atom is -0.375 e. The van der Waals surface area contributed by atoms with Gasteiger partial charge in [-0.15, -0.1) is 30.3 Å². The maximum absolute atomic E-state index is 13.1. The van der Waals surface area contributed by atoms with Crippen molar-refractivity contribution in [2.45, 2.75) is 6.04 Å². The Hall–Kier alpha value is -2.44. The second kappa shape index (κ2) is 12.2. The molecule has 2 aromatic heterocycles. The van der Waals surface area contributed by atoms with E-state index in [2.05, 4.69) is 0 Å². The zero-order chi connectivity index (χ0) is 18.5. The van der Waals surface area contributed by atoms with Crippen LogP contribution in [-0.4, -0.2) is 4.57 Å². The Kier molecular flexibility index (Phi) is 11.2. The average Bonchev–Trinajstić information content (AvgIpc) is 3.29. The van der Waals surface area contributed by atoms with E-state index in [4.69, 9.17) is 0 Å². The number of hydrogen-bond donors (Lipinski definition) is 0. The molecule has 29 heavy (non-hydrogen) atoms. The van der Waals surface area contributed by atoms with E-state index in [1.54, 1.807) is 29.1 Å². The summed E-state index contributed by atoms with van der Waals surface area (Å²) in [4.78, 5) is 0. The first-order valence-electron chi connectivity index (χ1n) is 7.69. The van der Waals surface area contributed by atoms with Gasteiger partial charge >= 0.3 is 21.7 Å². The van der Waals surface area contributed by atoms with Crippen LogP contribution < -0.4 is 4.57 Å². The van der Waals surface area contributed by atoms with E-state index in [-0.39, 0.29) is 42.6 Å². The van der Waals surface area contributed by atoms with Gasteiger partial charge in [-0.25, -0.2) is 13.2 Å². The van der Waals surface area contributed by atoms with Crippen LogP contribution in [0, 0.1) is 50.4 Å². The standard InChI is InChI=1S/C10H6F2N.C10H7F2N.2CH3.Ti/c11-8-3-4-10(9(12)7-8)13-5-1-2-6-13;11-8-5-6-13(10(12)7-8)9-3-1-2-4-9;;;/h1-6H;1-6,9H;2*1H3;/q-1;;2*-1;+4. The molecule has 0 unspecified atom stereocenters. The van der Waals surface area contributed by atoms with E-state index in [0.29, 0.717) is 5.69 Å². The molecule has 0 atom stereocenters. The fourth-order valence-electron chi connectivity index (χ4n) is 2.38. The molecule has 0 amide bonds. The Bertz CT molecular complexity index is 941. The smallest absolute Gasteiger partial charge is 0.375 e. The third-order valence-corrected chi connectivity index (χ3v) is 3.60. The van der Waals surface area contributed by atoms with Crippen LogP contribution in [0.1, 0.15) is 6.04 Å². The molecule has 148 valence electrons. The van der Waals surface area contributed by atoms with Crippen molar-refractivity contribution in [2.24, 2.45) is 0 Å². The van der Waals surface area contributed by atoms with Gasteiger partial charge in [0.05, 0.1) is 6.20 Å². The number of hydrogen-bond acceptors (Lipinski definition) is 0. The SMILES string of the molecule is Fc1[c-]c(F)[n+](C2C=CC=C2)cc1.Fc1[c-]c(F)c(-n2cccc2)cc1.[CH3-].[CH3-].[Ti+4]. The summed E-state index contributed by atoms with van der Waals surface area (Å²) in [6.07, 6.45) is 12.0. The Morgan fingerprint density at radius 1 is 0.828 bits per heavy atom. The zero-order valence-corrected chi connectivity index (χ0v) is 17.5. The van der Waals surface area contributed by atoms with Crippen LogP contribution in [0.25, 0.3) is 5.69 Å². The van der Waals surface area contributed by atoms with Crippen molar-refractivity contribution in [2.75, 3.05) is 0 Å². The third kappa shape index (κ3) is 6.84. The summed E-state index contributed by atoms with van der Waals surface area (Å²) in [7, 11) is 0. The third-order valence-electron chi connectivity index (χ3n) is 3.60. The van der Waals surface area contributed by atoms with E-state index in [1.807, 2.05) is 36.4 Å². The summed E-state index contributed by atoms with van der Waals surface area (Å²) in [6.45, 7) is 0. The van der Waals surface area contributed by atoms with E-state index >= 15 is 0 Å². The molecule has 0 saturated carbocycles. The number of halogens is 4. The van der Waals surface area contributed by atoms with Crippen LogP contribution in [-0.2, 0) is 21.7 Å². The second-order valence-electron chi connectivity index (χ2n) is 5.34. The Labute approximate surface area is 183 Å². The molecule has 0 aliphatic heterocycles. The molecular formula is C22H19F4N2Ti+. The fourth-order valence-corrected chi connectivity index (χ4v) is 2.38. The summed E-state index contributed by atoms with van der Waals surface area (Å²) in [5.74, 6) is -2.74. The first-order valence-corrected chi connectivity index (χ1v) is 7.69. The van der Waals surface area contributed by atoms with Crippen LogP contribution in [0.3, 0.4) is 0 Å². The van der Waals surface area contributed by atoms with Crippen LogP contribution in [0.15, 0.2) is 73.2 Å². The van der Waals surface area contributed by atoms with Gasteiger partial charge in [0, 0.05) is 11.6 Å². The summed E-state index contributed by atoms with van der Waals surface area (Å²) >= 11 is 0.